The lowest BCUT2D eigenvalue weighted by Crippen LogP contribution is -2.37. The number of anilines is 1. The number of halogens is 1. The molecule has 1 N–H and O–H groups in total. The highest BCUT2D eigenvalue weighted by molar-refractivity contribution is 6.32. The number of carbonyl (C=O) groups is 1. The number of carbonyl (C=O) groups excluding carboxylic acids is 1. The first-order valence-electron chi connectivity index (χ1n) is 7.16. The van der Waals surface area contributed by atoms with E-state index in [1.807, 2.05) is 6.92 Å². The van der Waals surface area contributed by atoms with E-state index >= 15 is 0 Å². The Bertz CT molecular complexity index is 490. The summed E-state index contributed by atoms with van der Waals surface area (Å²) in [5.41, 5.74) is 0.577. The molecule has 1 saturated heterocycles. The van der Waals surface area contributed by atoms with E-state index in [1.165, 1.54) is 0 Å². The van der Waals surface area contributed by atoms with Crippen molar-refractivity contribution < 1.29 is 14.3 Å². The van der Waals surface area contributed by atoms with Crippen molar-refractivity contribution in [2.75, 3.05) is 32.1 Å². The normalized spacial score (nSPS) is 17.6. The van der Waals surface area contributed by atoms with Crippen molar-refractivity contribution in [3.63, 3.8) is 0 Å². The van der Waals surface area contributed by atoms with Crippen molar-refractivity contribution >= 4 is 23.3 Å². The van der Waals surface area contributed by atoms with E-state index in [-0.39, 0.29) is 12.1 Å². The molecular weight excluding hydrogens is 292 g/mol. The number of hydrogen-bond acceptors (Lipinski definition) is 3. The summed E-state index contributed by atoms with van der Waals surface area (Å²) < 4.78 is 11.0. The van der Waals surface area contributed by atoms with Crippen LogP contribution in [0.4, 0.5) is 10.5 Å². The summed E-state index contributed by atoms with van der Waals surface area (Å²) in [5.74, 6) is 0.500. The number of para-hydroxylation sites is 1. The van der Waals surface area contributed by atoms with Crippen LogP contribution in [-0.2, 0) is 4.74 Å². The van der Waals surface area contributed by atoms with Crippen LogP contribution < -0.4 is 10.1 Å². The zero-order valence-corrected chi connectivity index (χ0v) is 13.2. The standard InChI is InChI=1S/C15H21ClN2O3/c1-3-20-14-12(16)7-4-8-13(14)17-15(19)18(2)10-11-6-5-9-21-11/h4,7-8,11H,3,5-6,9-10H2,1-2H3,(H,17,19). The lowest BCUT2D eigenvalue weighted by Gasteiger charge is -2.22. The van der Waals surface area contributed by atoms with Gasteiger partial charge in [-0.25, -0.2) is 4.79 Å². The molecule has 21 heavy (non-hydrogen) atoms. The van der Waals surface area contributed by atoms with Gasteiger partial charge in [0.25, 0.3) is 0 Å². The topological polar surface area (TPSA) is 50.8 Å². The van der Waals surface area contributed by atoms with E-state index < -0.39 is 0 Å². The predicted octanol–water partition coefficient (Wildman–Crippen LogP) is 3.38. The largest absolute Gasteiger partial charge is 0.490 e. The van der Waals surface area contributed by atoms with Gasteiger partial charge in [0.05, 0.1) is 23.4 Å². The second-order valence-electron chi connectivity index (χ2n) is 5.00. The minimum atomic E-state index is -0.200. The Balaban J connectivity index is 1.99. The summed E-state index contributed by atoms with van der Waals surface area (Å²) in [6.45, 7) is 3.72. The molecule has 1 unspecified atom stereocenters. The van der Waals surface area contributed by atoms with Gasteiger partial charge < -0.3 is 19.7 Å². The number of likely N-dealkylation sites (N-methyl/N-ethyl adjacent to an activating group) is 1. The quantitative estimate of drug-likeness (QED) is 0.906. The van der Waals surface area contributed by atoms with Crippen molar-refractivity contribution in [3.8, 4) is 5.75 Å². The molecule has 5 nitrogen and oxygen atoms in total. The number of nitrogens with one attached hydrogen (secondary N) is 1. The average molecular weight is 313 g/mol. The Morgan fingerprint density at radius 1 is 1.57 bits per heavy atom. The van der Waals surface area contributed by atoms with Crippen LogP contribution in [0.5, 0.6) is 5.75 Å². The van der Waals surface area contributed by atoms with Gasteiger partial charge in [0.15, 0.2) is 5.75 Å². The van der Waals surface area contributed by atoms with Crippen LogP contribution in [-0.4, -0.2) is 43.8 Å². The molecule has 0 spiro atoms. The second kappa shape index (κ2) is 7.52. The molecule has 1 fully saturated rings. The molecule has 1 aliphatic rings. The molecule has 116 valence electrons. The third-order valence-corrected chi connectivity index (χ3v) is 3.64. The van der Waals surface area contributed by atoms with E-state index in [0.717, 1.165) is 19.4 Å². The van der Waals surface area contributed by atoms with Gasteiger partial charge in [-0.1, -0.05) is 17.7 Å². The van der Waals surface area contributed by atoms with Crippen LogP contribution in [0.2, 0.25) is 5.02 Å². The zero-order valence-electron chi connectivity index (χ0n) is 12.4. The molecule has 0 bridgehead atoms. The van der Waals surface area contributed by atoms with Crippen molar-refractivity contribution in [2.45, 2.75) is 25.9 Å². The van der Waals surface area contributed by atoms with Crippen molar-refractivity contribution in [1.29, 1.82) is 0 Å². The fourth-order valence-electron chi connectivity index (χ4n) is 2.29. The maximum atomic E-state index is 12.2. The summed E-state index contributed by atoms with van der Waals surface area (Å²) in [4.78, 5) is 13.8. The number of ether oxygens (including phenoxy) is 2. The van der Waals surface area contributed by atoms with Gasteiger partial charge >= 0.3 is 6.03 Å². The summed E-state index contributed by atoms with van der Waals surface area (Å²) in [5, 5.41) is 3.31. The molecule has 0 saturated carbocycles. The molecule has 6 heteroatoms. The van der Waals surface area contributed by atoms with E-state index in [1.54, 1.807) is 30.1 Å². The Labute approximate surface area is 130 Å². The highest BCUT2D eigenvalue weighted by atomic mass is 35.5. The minimum Gasteiger partial charge on any atom is -0.490 e. The Kier molecular flexibility index (Phi) is 5.70. The van der Waals surface area contributed by atoms with Crippen LogP contribution >= 0.6 is 11.6 Å². The Morgan fingerprint density at radius 3 is 3.05 bits per heavy atom. The first-order valence-corrected chi connectivity index (χ1v) is 7.54. The van der Waals surface area contributed by atoms with Gasteiger partial charge in [-0.15, -0.1) is 0 Å². The van der Waals surface area contributed by atoms with Crippen LogP contribution in [0.3, 0.4) is 0 Å². The van der Waals surface area contributed by atoms with E-state index in [4.69, 9.17) is 21.1 Å². The molecular formula is C15H21ClN2O3. The molecule has 0 aromatic heterocycles. The molecule has 2 amide bonds. The molecule has 0 aliphatic carbocycles. The molecule has 1 aromatic rings. The number of hydrogen-bond donors (Lipinski definition) is 1. The Morgan fingerprint density at radius 2 is 2.38 bits per heavy atom. The van der Waals surface area contributed by atoms with Crippen molar-refractivity contribution in [3.05, 3.63) is 23.2 Å². The lowest BCUT2D eigenvalue weighted by molar-refractivity contribution is 0.0894. The number of benzene rings is 1. The minimum absolute atomic E-state index is 0.131. The lowest BCUT2D eigenvalue weighted by atomic mass is 10.2. The monoisotopic (exact) mass is 312 g/mol. The fourth-order valence-corrected chi connectivity index (χ4v) is 2.51. The summed E-state index contributed by atoms with van der Waals surface area (Å²) in [7, 11) is 1.75. The predicted molar refractivity (Wildman–Crippen MR) is 83.2 cm³/mol. The van der Waals surface area contributed by atoms with Gasteiger partial charge in [0.2, 0.25) is 0 Å². The molecule has 1 heterocycles. The number of amides is 2. The molecule has 0 radical (unpaired) electrons. The van der Waals surface area contributed by atoms with Crippen LogP contribution in [0.25, 0.3) is 0 Å². The molecule has 1 atom stereocenters. The summed E-state index contributed by atoms with van der Waals surface area (Å²) in [6.07, 6.45) is 2.19. The molecule has 1 aliphatic heterocycles. The van der Waals surface area contributed by atoms with E-state index in [9.17, 15) is 4.79 Å². The van der Waals surface area contributed by atoms with Crippen LogP contribution in [0.1, 0.15) is 19.8 Å². The number of urea groups is 1. The van der Waals surface area contributed by atoms with Crippen molar-refractivity contribution in [2.24, 2.45) is 0 Å². The second-order valence-corrected chi connectivity index (χ2v) is 5.40. The zero-order chi connectivity index (χ0) is 15.2. The molecule has 1 aromatic carbocycles. The van der Waals surface area contributed by atoms with Gasteiger partial charge in [-0.2, -0.15) is 0 Å². The van der Waals surface area contributed by atoms with Crippen molar-refractivity contribution in [1.82, 2.24) is 4.90 Å². The van der Waals surface area contributed by atoms with Gasteiger partial charge in [-0.3, -0.25) is 0 Å². The highest BCUT2D eigenvalue weighted by Crippen LogP contribution is 2.33. The van der Waals surface area contributed by atoms with Gasteiger partial charge in [0, 0.05) is 20.2 Å². The first-order chi connectivity index (χ1) is 10.1. The molecule has 2 rings (SSSR count). The summed E-state index contributed by atoms with van der Waals surface area (Å²) >= 11 is 6.10. The third-order valence-electron chi connectivity index (χ3n) is 3.35. The first kappa shape index (κ1) is 15.9. The number of nitrogens with zero attached hydrogens (tertiary/aromatic N) is 1. The maximum Gasteiger partial charge on any atom is 0.321 e. The van der Waals surface area contributed by atoms with Crippen LogP contribution in [0.15, 0.2) is 18.2 Å². The SMILES string of the molecule is CCOc1c(Cl)cccc1NC(=O)N(C)CC1CCCO1. The maximum absolute atomic E-state index is 12.2. The average Bonchev–Trinajstić information content (AvgIpc) is 2.95. The van der Waals surface area contributed by atoms with Crippen LogP contribution in [0, 0.1) is 0 Å². The smallest absolute Gasteiger partial charge is 0.321 e. The fraction of sp³-hybridized carbons (Fsp3) is 0.533. The third kappa shape index (κ3) is 4.25. The Hall–Kier alpha value is -1.46. The van der Waals surface area contributed by atoms with E-state index in [0.29, 0.717) is 29.6 Å². The highest BCUT2D eigenvalue weighted by Gasteiger charge is 2.21. The van der Waals surface area contributed by atoms with Gasteiger partial charge in [0.1, 0.15) is 0 Å². The van der Waals surface area contributed by atoms with E-state index in [2.05, 4.69) is 5.32 Å². The summed E-state index contributed by atoms with van der Waals surface area (Å²) in [6, 6.07) is 5.08. The van der Waals surface area contributed by atoms with Gasteiger partial charge in [-0.05, 0) is 31.9 Å². The number of rotatable bonds is 5.